The van der Waals surface area contributed by atoms with Crippen molar-refractivity contribution in [2.24, 2.45) is 0 Å². The highest BCUT2D eigenvalue weighted by Crippen LogP contribution is 2.19. The first-order valence-corrected chi connectivity index (χ1v) is 5.70. The van der Waals surface area contributed by atoms with Gasteiger partial charge in [-0.3, -0.25) is 9.69 Å². The molecule has 0 spiro atoms. The number of rotatable bonds is 4. The van der Waals surface area contributed by atoms with Gasteiger partial charge in [-0.15, -0.1) is 0 Å². The number of para-hydroxylation sites is 1. The van der Waals surface area contributed by atoms with Crippen LogP contribution in [0.1, 0.15) is 23.2 Å². The molecule has 3 heteroatoms. The van der Waals surface area contributed by atoms with Crippen LogP contribution in [0.2, 0.25) is 0 Å². The minimum absolute atomic E-state index is 0.152. The van der Waals surface area contributed by atoms with Gasteiger partial charge in [-0.05, 0) is 38.1 Å². The van der Waals surface area contributed by atoms with Crippen LogP contribution in [0.15, 0.2) is 24.3 Å². The summed E-state index contributed by atoms with van der Waals surface area (Å²) in [7, 11) is 1.60. The Morgan fingerprint density at radius 3 is 2.69 bits per heavy atom. The molecule has 1 fully saturated rings. The van der Waals surface area contributed by atoms with E-state index in [0.717, 1.165) is 13.1 Å². The zero-order chi connectivity index (χ0) is 11.4. The molecular formula is C13H17NO2. The lowest BCUT2D eigenvalue weighted by atomic mass is 10.1. The summed E-state index contributed by atoms with van der Waals surface area (Å²) in [5.41, 5.74) is 0.692. The minimum atomic E-state index is 0.152. The molecule has 0 saturated carbocycles. The monoisotopic (exact) mass is 219 g/mol. The summed E-state index contributed by atoms with van der Waals surface area (Å²) >= 11 is 0. The molecule has 0 amide bonds. The van der Waals surface area contributed by atoms with Crippen molar-refractivity contribution in [2.45, 2.75) is 12.8 Å². The van der Waals surface area contributed by atoms with Crippen molar-refractivity contribution in [3.63, 3.8) is 0 Å². The number of likely N-dealkylation sites (tertiary alicyclic amines) is 1. The summed E-state index contributed by atoms with van der Waals surface area (Å²) in [6.45, 7) is 2.60. The topological polar surface area (TPSA) is 29.5 Å². The SMILES string of the molecule is COc1ccccc1C(=O)CN1CCCC1. The largest absolute Gasteiger partial charge is 0.496 e. The van der Waals surface area contributed by atoms with Crippen molar-refractivity contribution in [1.29, 1.82) is 0 Å². The summed E-state index contributed by atoms with van der Waals surface area (Å²) in [5, 5.41) is 0. The van der Waals surface area contributed by atoms with E-state index in [4.69, 9.17) is 4.74 Å². The summed E-state index contributed by atoms with van der Waals surface area (Å²) in [6, 6.07) is 7.42. The Kier molecular flexibility index (Phi) is 3.57. The summed E-state index contributed by atoms with van der Waals surface area (Å²) in [6.07, 6.45) is 2.42. The third-order valence-electron chi connectivity index (χ3n) is 2.97. The van der Waals surface area contributed by atoms with Crippen LogP contribution in [0.5, 0.6) is 5.75 Å². The molecule has 0 atom stereocenters. The smallest absolute Gasteiger partial charge is 0.180 e. The van der Waals surface area contributed by atoms with Crippen LogP contribution in [-0.2, 0) is 0 Å². The highest BCUT2D eigenvalue weighted by atomic mass is 16.5. The molecular weight excluding hydrogens is 202 g/mol. The standard InChI is InChI=1S/C13H17NO2/c1-16-13-7-3-2-6-11(13)12(15)10-14-8-4-5-9-14/h2-3,6-7H,4-5,8-10H2,1H3. The number of ketones is 1. The average molecular weight is 219 g/mol. The van der Waals surface area contributed by atoms with Gasteiger partial charge in [0.1, 0.15) is 5.75 Å². The van der Waals surface area contributed by atoms with Gasteiger partial charge in [0.2, 0.25) is 0 Å². The van der Waals surface area contributed by atoms with Gasteiger partial charge >= 0.3 is 0 Å². The van der Waals surface area contributed by atoms with Crippen molar-refractivity contribution in [3.05, 3.63) is 29.8 Å². The average Bonchev–Trinajstić information content (AvgIpc) is 2.81. The lowest BCUT2D eigenvalue weighted by Gasteiger charge is -2.14. The molecule has 0 bridgehead atoms. The van der Waals surface area contributed by atoms with Crippen LogP contribution < -0.4 is 4.74 Å². The van der Waals surface area contributed by atoms with Crippen LogP contribution in [0.4, 0.5) is 0 Å². The van der Waals surface area contributed by atoms with Gasteiger partial charge in [-0.2, -0.15) is 0 Å². The van der Waals surface area contributed by atoms with Crippen molar-refractivity contribution >= 4 is 5.78 Å². The van der Waals surface area contributed by atoms with Crippen molar-refractivity contribution in [2.75, 3.05) is 26.7 Å². The Morgan fingerprint density at radius 2 is 2.00 bits per heavy atom. The molecule has 3 nitrogen and oxygen atoms in total. The summed E-state index contributed by atoms with van der Waals surface area (Å²) in [5.74, 6) is 0.825. The number of hydrogen-bond acceptors (Lipinski definition) is 3. The maximum Gasteiger partial charge on any atom is 0.180 e. The van der Waals surface area contributed by atoms with E-state index in [-0.39, 0.29) is 5.78 Å². The Labute approximate surface area is 96.0 Å². The first-order chi connectivity index (χ1) is 7.81. The van der Waals surface area contributed by atoms with Crippen LogP contribution in [0.3, 0.4) is 0 Å². The molecule has 16 heavy (non-hydrogen) atoms. The fraction of sp³-hybridized carbons (Fsp3) is 0.462. The molecule has 0 aliphatic carbocycles. The second kappa shape index (κ2) is 5.12. The first kappa shape index (κ1) is 11.1. The number of benzene rings is 1. The predicted molar refractivity (Wildman–Crippen MR) is 63.0 cm³/mol. The lowest BCUT2D eigenvalue weighted by Crippen LogP contribution is -2.27. The van der Waals surface area contributed by atoms with Gasteiger partial charge in [0.15, 0.2) is 5.78 Å². The van der Waals surface area contributed by atoms with Gasteiger partial charge in [0, 0.05) is 0 Å². The molecule has 1 aliphatic rings. The van der Waals surface area contributed by atoms with Crippen molar-refractivity contribution < 1.29 is 9.53 Å². The lowest BCUT2D eigenvalue weighted by molar-refractivity contribution is 0.0942. The Balaban J connectivity index is 2.07. The fourth-order valence-corrected chi connectivity index (χ4v) is 2.10. The maximum atomic E-state index is 12.1. The molecule has 86 valence electrons. The number of carbonyl (C=O) groups is 1. The van der Waals surface area contributed by atoms with Crippen LogP contribution in [0.25, 0.3) is 0 Å². The third-order valence-corrected chi connectivity index (χ3v) is 2.97. The molecule has 2 rings (SSSR count). The maximum absolute atomic E-state index is 12.1. The zero-order valence-corrected chi connectivity index (χ0v) is 9.61. The molecule has 1 aliphatic heterocycles. The minimum Gasteiger partial charge on any atom is -0.496 e. The van der Waals surface area contributed by atoms with Crippen LogP contribution in [0, 0.1) is 0 Å². The Hall–Kier alpha value is -1.35. The molecule has 0 radical (unpaired) electrons. The molecule has 0 aromatic heterocycles. The normalized spacial score (nSPS) is 16.3. The highest BCUT2D eigenvalue weighted by Gasteiger charge is 2.18. The molecule has 0 unspecified atom stereocenters. The third kappa shape index (κ3) is 2.42. The van der Waals surface area contributed by atoms with Gasteiger partial charge in [-0.25, -0.2) is 0 Å². The van der Waals surface area contributed by atoms with Crippen molar-refractivity contribution in [3.8, 4) is 5.75 Å². The number of Topliss-reactive ketones (excluding diaryl/α,β-unsaturated/α-hetero) is 1. The van der Waals surface area contributed by atoms with E-state index in [9.17, 15) is 4.79 Å². The van der Waals surface area contributed by atoms with E-state index < -0.39 is 0 Å². The Bertz CT molecular complexity index is 370. The van der Waals surface area contributed by atoms with E-state index in [1.54, 1.807) is 7.11 Å². The van der Waals surface area contributed by atoms with E-state index in [1.807, 2.05) is 24.3 Å². The number of hydrogen-bond donors (Lipinski definition) is 0. The predicted octanol–water partition coefficient (Wildman–Crippen LogP) is 1.97. The second-order valence-corrected chi connectivity index (χ2v) is 4.11. The van der Waals surface area contributed by atoms with E-state index in [2.05, 4.69) is 4.90 Å². The highest BCUT2D eigenvalue weighted by molar-refractivity contribution is 6.00. The Morgan fingerprint density at radius 1 is 1.31 bits per heavy atom. The first-order valence-electron chi connectivity index (χ1n) is 5.70. The molecule has 1 saturated heterocycles. The van der Waals surface area contributed by atoms with Crippen molar-refractivity contribution in [1.82, 2.24) is 4.90 Å². The number of carbonyl (C=O) groups excluding carboxylic acids is 1. The summed E-state index contributed by atoms with van der Waals surface area (Å²) in [4.78, 5) is 14.3. The second-order valence-electron chi connectivity index (χ2n) is 4.11. The zero-order valence-electron chi connectivity index (χ0n) is 9.61. The van der Waals surface area contributed by atoms with Crippen LogP contribution in [-0.4, -0.2) is 37.4 Å². The van der Waals surface area contributed by atoms with Gasteiger partial charge < -0.3 is 4.74 Å². The quantitative estimate of drug-likeness (QED) is 0.725. The van der Waals surface area contributed by atoms with Crippen LogP contribution >= 0.6 is 0 Å². The molecule has 1 heterocycles. The number of nitrogens with zero attached hydrogens (tertiary/aromatic N) is 1. The van der Waals surface area contributed by atoms with Gasteiger partial charge in [0.25, 0.3) is 0 Å². The van der Waals surface area contributed by atoms with E-state index >= 15 is 0 Å². The molecule has 1 aromatic carbocycles. The van der Waals surface area contributed by atoms with Gasteiger partial charge in [-0.1, -0.05) is 12.1 Å². The number of methoxy groups -OCH3 is 1. The fourth-order valence-electron chi connectivity index (χ4n) is 2.10. The van der Waals surface area contributed by atoms with E-state index in [1.165, 1.54) is 12.8 Å². The number of ether oxygens (including phenoxy) is 1. The summed E-state index contributed by atoms with van der Waals surface area (Å²) < 4.78 is 5.19. The molecule has 0 N–H and O–H groups in total. The van der Waals surface area contributed by atoms with E-state index in [0.29, 0.717) is 17.9 Å². The molecule has 1 aromatic rings. The van der Waals surface area contributed by atoms with Gasteiger partial charge in [0.05, 0.1) is 19.2 Å².